The van der Waals surface area contributed by atoms with E-state index in [0.717, 1.165) is 23.7 Å². The third kappa shape index (κ3) is 4.65. The number of ether oxygens (including phenoxy) is 1. The van der Waals surface area contributed by atoms with Crippen molar-refractivity contribution in [1.29, 1.82) is 0 Å². The Morgan fingerprint density at radius 1 is 1.00 bits per heavy atom. The predicted molar refractivity (Wildman–Crippen MR) is 138 cm³/mol. The van der Waals surface area contributed by atoms with E-state index < -0.39 is 8.32 Å². The zero-order chi connectivity index (χ0) is 24.2. The Morgan fingerprint density at radius 3 is 2.33 bits per heavy atom. The highest BCUT2D eigenvalue weighted by molar-refractivity contribution is 6.69. The second kappa shape index (κ2) is 9.12. The molecule has 0 bridgehead atoms. The van der Waals surface area contributed by atoms with Crippen molar-refractivity contribution in [3.05, 3.63) is 12.2 Å². The third-order valence-electron chi connectivity index (χ3n) is 10.9. The highest BCUT2D eigenvalue weighted by Gasteiger charge is 2.63. The lowest BCUT2D eigenvalue weighted by atomic mass is 9.43. The molecule has 4 heteroatoms. The number of carbonyl (C=O) groups is 1. The molecule has 10 atom stereocenters. The average molecular weight is 475 g/mol. The molecule has 188 valence electrons. The summed E-state index contributed by atoms with van der Waals surface area (Å²) in [5.74, 6) is 4.84. The van der Waals surface area contributed by atoms with Gasteiger partial charge in [0.15, 0.2) is 8.32 Å². The summed E-state index contributed by atoms with van der Waals surface area (Å²) < 4.78 is 11.9. The maximum absolute atomic E-state index is 11.7. The van der Waals surface area contributed by atoms with Crippen LogP contribution in [0.2, 0.25) is 19.6 Å². The van der Waals surface area contributed by atoms with E-state index in [0.29, 0.717) is 34.7 Å². The molecule has 0 saturated heterocycles. The molecule has 0 radical (unpaired) electrons. The summed E-state index contributed by atoms with van der Waals surface area (Å²) in [6, 6.07) is 0. The van der Waals surface area contributed by atoms with Gasteiger partial charge < -0.3 is 9.16 Å². The van der Waals surface area contributed by atoms with Crippen LogP contribution in [0.3, 0.4) is 0 Å². The second-order valence-corrected chi connectivity index (χ2v) is 18.3. The Bertz CT molecular complexity index is 756. The van der Waals surface area contributed by atoms with Crippen LogP contribution in [-0.2, 0) is 14.0 Å². The van der Waals surface area contributed by atoms with Gasteiger partial charge in [-0.05, 0) is 117 Å². The summed E-state index contributed by atoms with van der Waals surface area (Å²) in [7, 11) is -0.153. The van der Waals surface area contributed by atoms with Gasteiger partial charge in [0.25, 0.3) is 0 Å². The van der Waals surface area contributed by atoms with Gasteiger partial charge in [0.05, 0.1) is 7.11 Å². The third-order valence-corrected chi connectivity index (χ3v) is 11.9. The molecule has 0 unspecified atom stereocenters. The minimum absolute atomic E-state index is 0.230. The fourth-order valence-corrected chi connectivity index (χ4v) is 10.5. The molecule has 4 rings (SSSR count). The summed E-state index contributed by atoms with van der Waals surface area (Å²) in [5.41, 5.74) is 0.861. The lowest BCUT2D eigenvalue weighted by Crippen LogP contribution is -2.60. The van der Waals surface area contributed by atoms with Gasteiger partial charge in [-0.3, -0.25) is 0 Å². The molecule has 0 N–H and O–H groups in total. The molecular formula is C29H50O3Si. The van der Waals surface area contributed by atoms with E-state index >= 15 is 0 Å². The molecule has 0 amide bonds. The van der Waals surface area contributed by atoms with Gasteiger partial charge >= 0.3 is 5.97 Å². The van der Waals surface area contributed by atoms with Crippen LogP contribution in [0.4, 0.5) is 0 Å². The minimum Gasteiger partial charge on any atom is -0.466 e. The number of methoxy groups -OCH3 is 1. The van der Waals surface area contributed by atoms with Gasteiger partial charge in [-0.2, -0.15) is 0 Å². The molecule has 4 saturated carbocycles. The van der Waals surface area contributed by atoms with Crippen molar-refractivity contribution in [2.45, 2.75) is 105 Å². The molecule has 0 aromatic heterocycles. The number of allylic oxidation sites excluding steroid dienone is 1. The molecule has 33 heavy (non-hydrogen) atoms. The van der Waals surface area contributed by atoms with Crippen LogP contribution >= 0.6 is 0 Å². The average Bonchev–Trinajstić information content (AvgIpc) is 3.09. The molecule has 0 spiro atoms. The first-order chi connectivity index (χ1) is 15.4. The number of carbonyl (C=O) groups excluding carboxylic acids is 1. The number of rotatable bonds is 5. The normalized spacial score (nSPS) is 46.4. The number of hydrogen-bond donors (Lipinski definition) is 0. The first-order valence-electron chi connectivity index (χ1n) is 13.8. The fourth-order valence-electron chi connectivity index (χ4n) is 9.33. The van der Waals surface area contributed by atoms with E-state index in [1.807, 2.05) is 0 Å². The Morgan fingerprint density at radius 2 is 1.67 bits per heavy atom. The van der Waals surface area contributed by atoms with Gasteiger partial charge in [0.2, 0.25) is 0 Å². The Balaban J connectivity index is 1.64. The monoisotopic (exact) mass is 474 g/mol. The van der Waals surface area contributed by atoms with Crippen LogP contribution in [0.25, 0.3) is 0 Å². The molecule has 0 aromatic carbocycles. The van der Waals surface area contributed by atoms with E-state index in [2.05, 4.69) is 53.4 Å². The first-order valence-corrected chi connectivity index (χ1v) is 17.2. The zero-order valence-corrected chi connectivity index (χ0v) is 23.7. The smallest absolute Gasteiger partial charge is 0.330 e. The van der Waals surface area contributed by atoms with Crippen molar-refractivity contribution in [2.75, 3.05) is 7.11 Å². The van der Waals surface area contributed by atoms with Crippen LogP contribution in [0.1, 0.15) is 79.1 Å². The van der Waals surface area contributed by atoms with E-state index in [1.54, 1.807) is 6.08 Å². The van der Waals surface area contributed by atoms with Gasteiger partial charge in [-0.15, -0.1) is 0 Å². The van der Waals surface area contributed by atoms with Crippen molar-refractivity contribution >= 4 is 14.3 Å². The van der Waals surface area contributed by atoms with Crippen molar-refractivity contribution in [3.8, 4) is 0 Å². The minimum atomic E-state index is -1.62. The second-order valence-electron chi connectivity index (χ2n) is 13.8. The van der Waals surface area contributed by atoms with E-state index in [1.165, 1.54) is 58.5 Å². The maximum atomic E-state index is 11.7. The fraction of sp³-hybridized carbons (Fsp3) is 0.897. The van der Waals surface area contributed by atoms with Gasteiger partial charge in [-0.25, -0.2) is 4.79 Å². The SMILES string of the molecule is COC(=O)/C=C/[C@@H](C)[C@H]1CC[C@H]2[C@@H]3[C@H](O[Si](C)(C)C)C[C@@H]4C[C@H](C)CC[C@]4(C)[C@H]3CC[C@]12C. The Hall–Kier alpha value is -0.613. The van der Waals surface area contributed by atoms with Gasteiger partial charge in [-0.1, -0.05) is 40.2 Å². The van der Waals surface area contributed by atoms with Crippen LogP contribution in [0.5, 0.6) is 0 Å². The lowest BCUT2D eigenvalue weighted by Gasteiger charge is -2.63. The molecular weight excluding hydrogens is 424 g/mol. The summed E-state index contributed by atoms with van der Waals surface area (Å²) >= 11 is 0. The summed E-state index contributed by atoms with van der Waals surface area (Å²) in [5, 5.41) is 0. The Labute approximate surface area is 204 Å². The van der Waals surface area contributed by atoms with Crippen LogP contribution < -0.4 is 0 Å². The standard InChI is InChI=1S/C29H50O3Si/c1-19-13-15-28(3)21(17-19)18-25(32-33(6,7)8)27-23-11-10-22(20(2)9-12-26(30)31-5)29(23,4)16-14-24(27)28/h9,12,19-25,27H,10-11,13-18H2,1-8H3/b12-9+/t19-,20-,21+,22-,23+,24+,25-,27+,28+,29-/m1/s1. The van der Waals surface area contributed by atoms with Crippen LogP contribution in [0, 0.1) is 52.3 Å². The molecule has 3 nitrogen and oxygen atoms in total. The number of hydrogen-bond acceptors (Lipinski definition) is 3. The molecule has 0 aromatic rings. The molecule has 4 fully saturated rings. The number of fused-ring (bicyclic) bond motifs is 5. The number of esters is 1. The Kier molecular flexibility index (Phi) is 7.04. The lowest BCUT2D eigenvalue weighted by molar-refractivity contribution is -0.163. The zero-order valence-electron chi connectivity index (χ0n) is 22.7. The predicted octanol–water partition coefficient (Wildman–Crippen LogP) is 7.48. The summed E-state index contributed by atoms with van der Waals surface area (Å²) in [4.78, 5) is 11.7. The summed E-state index contributed by atoms with van der Waals surface area (Å²) in [6.07, 6.45) is 15.1. The molecule has 0 aliphatic heterocycles. The molecule has 4 aliphatic carbocycles. The van der Waals surface area contributed by atoms with Crippen molar-refractivity contribution in [2.24, 2.45) is 52.3 Å². The topological polar surface area (TPSA) is 35.5 Å². The van der Waals surface area contributed by atoms with Gasteiger partial charge in [0, 0.05) is 12.2 Å². The van der Waals surface area contributed by atoms with E-state index in [-0.39, 0.29) is 5.97 Å². The van der Waals surface area contributed by atoms with Crippen molar-refractivity contribution in [3.63, 3.8) is 0 Å². The summed E-state index contributed by atoms with van der Waals surface area (Å²) in [6.45, 7) is 17.2. The first kappa shape index (κ1) is 25.5. The van der Waals surface area contributed by atoms with Crippen LogP contribution in [0.15, 0.2) is 12.2 Å². The molecule has 4 aliphatic rings. The highest BCUT2D eigenvalue weighted by atomic mass is 28.4. The maximum Gasteiger partial charge on any atom is 0.330 e. The highest BCUT2D eigenvalue weighted by Crippen LogP contribution is 2.69. The van der Waals surface area contributed by atoms with Crippen molar-refractivity contribution in [1.82, 2.24) is 0 Å². The van der Waals surface area contributed by atoms with Crippen molar-refractivity contribution < 1.29 is 14.0 Å². The molecule has 0 heterocycles. The van der Waals surface area contributed by atoms with Crippen LogP contribution in [-0.4, -0.2) is 27.5 Å². The van der Waals surface area contributed by atoms with E-state index in [9.17, 15) is 4.79 Å². The van der Waals surface area contributed by atoms with E-state index in [4.69, 9.17) is 9.16 Å². The largest absolute Gasteiger partial charge is 0.466 e. The van der Waals surface area contributed by atoms with Gasteiger partial charge in [0.1, 0.15) is 0 Å². The quantitative estimate of drug-likeness (QED) is 0.235.